The Morgan fingerprint density at radius 3 is 2.52 bits per heavy atom. The van der Waals surface area contributed by atoms with Gasteiger partial charge in [0.1, 0.15) is 5.69 Å². The maximum absolute atomic E-state index is 12.4. The van der Waals surface area contributed by atoms with Gasteiger partial charge in [-0.3, -0.25) is 9.78 Å². The molecule has 0 radical (unpaired) electrons. The molecular weight excluding hydrogens is 358 g/mol. The molecule has 0 atom stereocenters. The molecule has 2 aromatic carbocycles. The summed E-state index contributed by atoms with van der Waals surface area (Å²) in [5.41, 5.74) is 3.72. The number of hydrogen-bond donors (Lipinski definition) is 1. The molecule has 5 heteroatoms. The topological polar surface area (TPSA) is 45.2 Å². The van der Waals surface area contributed by atoms with Gasteiger partial charge in [0.25, 0.3) is 5.91 Å². The van der Waals surface area contributed by atoms with E-state index in [1.807, 2.05) is 61.6 Å². The van der Waals surface area contributed by atoms with Crippen LogP contribution in [-0.2, 0) is 13.0 Å². The Kier molecular flexibility index (Phi) is 6.44. The Labute approximate surface area is 164 Å². The first-order chi connectivity index (χ1) is 13.1. The van der Waals surface area contributed by atoms with Crippen LogP contribution in [0.5, 0.6) is 0 Å². The minimum absolute atomic E-state index is 0.168. The number of rotatable bonds is 7. The first kappa shape index (κ1) is 18.9. The summed E-state index contributed by atoms with van der Waals surface area (Å²) in [6.45, 7) is 1.31. The molecule has 0 saturated carbocycles. The highest BCUT2D eigenvalue weighted by Gasteiger charge is 2.10. The maximum Gasteiger partial charge on any atom is 0.269 e. The Morgan fingerprint density at radius 2 is 1.78 bits per heavy atom. The molecule has 1 heterocycles. The van der Waals surface area contributed by atoms with Crippen LogP contribution in [0, 0.1) is 0 Å². The fraction of sp³-hybridized carbons (Fsp3) is 0.182. The van der Waals surface area contributed by atoms with E-state index < -0.39 is 0 Å². The molecule has 0 aliphatic carbocycles. The summed E-state index contributed by atoms with van der Waals surface area (Å²) in [7, 11) is 2.00. The molecule has 27 heavy (non-hydrogen) atoms. The third-order valence-corrected chi connectivity index (χ3v) is 4.54. The van der Waals surface area contributed by atoms with Crippen molar-refractivity contribution >= 4 is 23.2 Å². The lowest BCUT2D eigenvalue weighted by atomic mass is 10.1. The predicted molar refractivity (Wildman–Crippen MR) is 110 cm³/mol. The SMILES string of the molecule is CN(Cc1ccccc1)c1ccnc(C(=O)NCCc2ccc(Cl)cc2)c1. The molecule has 3 rings (SSSR count). The average Bonchev–Trinajstić information content (AvgIpc) is 2.70. The van der Waals surface area contributed by atoms with Gasteiger partial charge < -0.3 is 10.2 Å². The van der Waals surface area contributed by atoms with Crippen molar-refractivity contribution < 1.29 is 4.79 Å². The number of aromatic nitrogens is 1. The largest absolute Gasteiger partial charge is 0.370 e. The number of carbonyl (C=O) groups excluding carboxylic acids is 1. The van der Waals surface area contributed by atoms with E-state index in [1.165, 1.54) is 5.56 Å². The lowest BCUT2D eigenvalue weighted by Crippen LogP contribution is -2.27. The van der Waals surface area contributed by atoms with Crippen molar-refractivity contribution in [2.45, 2.75) is 13.0 Å². The second-order valence-electron chi connectivity index (χ2n) is 6.37. The Hall–Kier alpha value is -2.85. The summed E-state index contributed by atoms with van der Waals surface area (Å²) in [5, 5.41) is 3.64. The molecule has 0 aliphatic heterocycles. The fourth-order valence-electron chi connectivity index (χ4n) is 2.79. The molecule has 0 aliphatic rings. The molecular formula is C22H22ClN3O. The molecule has 3 aromatic rings. The van der Waals surface area contributed by atoms with Gasteiger partial charge in [-0.2, -0.15) is 0 Å². The van der Waals surface area contributed by atoms with Crippen LogP contribution in [0.4, 0.5) is 5.69 Å². The minimum atomic E-state index is -0.168. The van der Waals surface area contributed by atoms with Gasteiger partial charge in [0.05, 0.1) is 0 Å². The Bertz CT molecular complexity index is 882. The number of amides is 1. The number of anilines is 1. The smallest absolute Gasteiger partial charge is 0.269 e. The zero-order valence-electron chi connectivity index (χ0n) is 15.2. The van der Waals surface area contributed by atoms with Crippen molar-refractivity contribution in [2.24, 2.45) is 0 Å². The highest BCUT2D eigenvalue weighted by molar-refractivity contribution is 6.30. The Morgan fingerprint density at radius 1 is 1.04 bits per heavy atom. The zero-order valence-corrected chi connectivity index (χ0v) is 16.0. The maximum atomic E-state index is 12.4. The van der Waals surface area contributed by atoms with Crippen molar-refractivity contribution in [3.05, 3.63) is 94.8 Å². The van der Waals surface area contributed by atoms with Gasteiger partial charge in [-0.05, 0) is 41.8 Å². The second kappa shape index (κ2) is 9.19. The highest BCUT2D eigenvalue weighted by Crippen LogP contribution is 2.16. The van der Waals surface area contributed by atoms with E-state index in [0.29, 0.717) is 17.3 Å². The summed E-state index contributed by atoms with van der Waals surface area (Å²) >= 11 is 5.89. The van der Waals surface area contributed by atoms with Gasteiger partial charge in [0.15, 0.2) is 0 Å². The molecule has 0 saturated heterocycles. The second-order valence-corrected chi connectivity index (χ2v) is 6.81. The van der Waals surface area contributed by atoms with Crippen molar-refractivity contribution in [1.29, 1.82) is 0 Å². The van der Waals surface area contributed by atoms with Gasteiger partial charge in [-0.1, -0.05) is 54.1 Å². The van der Waals surface area contributed by atoms with E-state index in [2.05, 4.69) is 27.3 Å². The van der Waals surface area contributed by atoms with E-state index in [1.54, 1.807) is 6.20 Å². The molecule has 0 bridgehead atoms. The fourth-order valence-corrected chi connectivity index (χ4v) is 2.92. The first-order valence-corrected chi connectivity index (χ1v) is 9.23. The van der Waals surface area contributed by atoms with Crippen LogP contribution in [0.2, 0.25) is 5.02 Å². The summed E-state index contributed by atoms with van der Waals surface area (Å²) in [6, 6.07) is 21.6. The van der Waals surface area contributed by atoms with Crippen molar-refractivity contribution in [3.63, 3.8) is 0 Å². The van der Waals surface area contributed by atoms with Crippen LogP contribution in [0.15, 0.2) is 72.9 Å². The average molecular weight is 380 g/mol. The van der Waals surface area contributed by atoms with Crippen molar-refractivity contribution in [3.8, 4) is 0 Å². The van der Waals surface area contributed by atoms with E-state index in [4.69, 9.17) is 11.6 Å². The van der Waals surface area contributed by atoms with Crippen LogP contribution >= 0.6 is 11.6 Å². The van der Waals surface area contributed by atoms with Gasteiger partial charge in [-0.25, -0.2) is 0 Å². The third kappa shape index (κ3) is 5.56. The monoisotopic (exact) mass is 379 g/mol. The van der Waals surface area contributed by atoms with E-state index in [9.17, 15) is 4.79 Å². The summed E-state index contributed by atoms with van der Waals surface area (Å²) < 4.78 is 0. The van der Waals surface area contributed by atoms with Crippen molar-refractivity contribution in [2.75, 3.05) is 18.5 Å². The third-order valence-electron chi connectivity index (χ3n) is 4.29. The zero-order chi connectivity index (χ0) is 19.1. The van der Waals surface area contributed by atoms with Crippen LogP contribution in [0.1, 0.15) is 21.6 Å². The van der Waals surface area contributed by atoms with E-state index in [0.717, 1.165) is 24.2 Å². The normalized spacial score (nSPS) is 10.4. The predicted octanol–water partition coefficient (Wildman–Crippen LogP) is 4.34. The molecule has 1 amide bonds. The van der Waals surface area contributed by atoms with Gasteiger partial charge >= 0.3 is 0 Å². The minimum Gasteiger partial charge on any atom is -0.370 e. The lowest BCUT2D eigenvalue weighted by molar-refractivity contribution is 0.0949. The molecule has 1 aromatic heterocycles. The van der Waals surface area contributed by atoms with Crippen LogP contribution in [0.25, 0.3) is 0 Å². The highest BCUT2D eigenvalue weighted by atomic mass is 35.5. The number of carbonyl (C=O) groups is 1. The summed E-state index contributed by atoms with van der Waals surface area (Å²) in [6.07, 6.45) is 2.42. The number of nitrogens with one attached hydrogen (secondary N) is 1. The van der Waals surface area contributed by atoms with Gasteiger partial charge in [0.2, 0.25) is 0 Å². The number of nitrogens with zero attached hydrogens (tertiary/aromatic N) is 2. The molecule has 138 valence electrons. The number of benzene rings is 2. The summed E-state index contributed by atoms with van der Waals surface area (Å²) in [5.74, 6) is -0.168. The van der Waals surface area contributed by atoms with E-state index >= 15 is 0 Å². The molecule has 4 nitrogen and oxygen atoms in total. The molecule has 0 spiro atoms. The van der Waals surface area contributed by atoms with Crippen molar-refractivity contribution in [1.82, 2.24) is 10.3 Å². The summed E-state index contributed by atoms with van der Waals surface area (Å²) in [4.78, 5) is 18.7. The van der Waals surface area contributed by atoms with E-state index in [-0.39, 0.29) is 5.91 Å². The van der Waals surface area contributed by atoms with Gasteiger partial charge in [-0.15, -0.1) is 0 Å². The number of hydrogen-bond acceptors (Lipinski definition) is 3. The molecule has 0 unspecified atom stereocenters. The lowest BCUT2D eigenvalue weighted by Gasteiger charge is -2.19. The van der Waals surface area contributed by atoms with Crippen LogP contribution in [0.3, 0.4) is 0 Å². The Balaban J connectivity index is 1.57. The standard InChI is InChI=1S/C22H22ClN3O/c1-26(16-18-5-3-2-4-6-18)20-12-14-24-21(15-20)22(27)25-13-11-17-7-9-19(23)10-8-17/h2-10,12,14-15H,11,13,16H2,1H3,(H,25,27). The molecule has 0 fully saturated rings. The van der Waals surface area contributed by atoms with Gasteiger partial charge in [0, 0.05) is 37.0 Å². The van der Waals surface area contributed by atoms with Crippen LogP contribution < -0.4 is 10.2 Å². The first-order valence-electron chi connectivity index (χ1n) is 8.85. The van der Waals surface area contributed by atoms with Crippen LogP contribution in [-0.4, -0.2) is 24.5 Å². The number of halogens is 1. The quantitative estimate of drug-likeness (QED) is 0.664. The number of pyridine rings is 1. The molecule has 1 N–H and O–H groups in total.